The van der Waals surface area contributed by atoms with Crippen molar-refractivity contribution in [1.82, 2.24) is 4.98 Å². The van der Waals surface area contributed by atoms with Crippen molar-refractivity contribution in [2.75, 3.05) is 25.2 Å². The molecule has 9 nitrogen and oxygen atoms in total. The molecule has 2 aromatic heterocycles. The number of aliphatic hydroxyl groups is 1. The lowest BCUT2D eigenvalue weighted by Crippen LogP contribution is -2.31. The van der Waals surface area contributed by atoms with Crippen LogP contribution in [0.2, 0.25) is 0 Å². The van der Waals surface area contributed by atoms with Crippen LogP contribution in [0.3, 0.4) is 0 Å². The van der Waals surface area contributed by atoms with Gasteiger partial charge in [0.15, 0.2) is 39.5 Å². The van der Waals surface area contributed by atoms with Crippen LogP contribution in [0.1, 0.15) is 47.1 Å². The van der Waals surface area contributed by atoms with E-state index in [0.717, 1.165) is 21.3 Å². The Bertz CT molecular complexity index is 1940. The number of benzene rings is 3. The molecule has 43 heavy (non-hydrogen) atoms. The number of fused-ring (bicyclic) bond motifs is 2. The Morgan fingerprint density at radius 3 is 2.53 bits per heavy atom. The van der Waals surface area contributed by atoms with E-state index in [1.54, 1.807) is 42.5 Å². The Morgan fingerprint density at radius 2 is 1.79 bits per heavy atom. The lowest BCUT2D eigenvalue weighted by atomic mass is 9.95. The van der Waals surface area contributed by atoms with Crippen LogP contribution in [0.4, 0.5) is 5.13 Å². The van der Waals surface area contributed by atoms with Gasteiger partial charge in [-0.2, -0.15) is 0 Å². The Balaban J connectivity index is 1.54. The number of Topliss-reactive ketones (excluding diaryl/α,β-unsaturated/α-hetero) is 1. The van der Waals surface area contributed by atoms with Crippen LogP contribution < -0.4 is 19.1 Å². The van der Waals surface area contributed by atoms with E-state index < -0.39 is 23.5 Å². The molecule has 1 aliphatic heterocycles. The number of ketones is 1. The molecular formula is C33H30N2O7S. The van der Waals surface area contributed by atoms with Crippen LogP contribution >= 0.6 is 11.3 Å². The lowest BCUT2D eigenvalue weighted by Gasteiger charge is -2.25. The van der Waals surface area contributed by atoms with Gasteiger partial charge in [-0.15, -0.1) is 0 Å². The van der Waals surface area contributed by atoms with Crippen molar-refractivity contribution in [3.05, 3.63) is 88.4 Å². The molecule has 0 fully saturated rings. The third kappa shape index (κ3) is 4.77. The summed E-state index contributed by atoms with van der Waals surface area (Å²) >= 11 is 1.32. The first-order valence-electron chi connectivity index (χ1n) is 13.9. The summed E-state index contributed by atoms with van der Waals surface area (Å²) in [5, 5.41) is 12.3. The molecule has 1 amide bonds. The molecule has 0 radical (unpaired) electrons. The van der Waals surface area contributed by atoms with E-state index in [1.807, 2.05) is 39.8 Å². The summed E-state index contributed by atoms with van der Waals surface area (Å²) in [4.78, 5) is 34.2. The van der Waals surface area contributed by atoms with Gasteiger partial charge >= 0.3 is 0 Å². The summed E-state index contributed by atoms with van der Waals surface area (Å²) < 4.78 is 23.9. The Labute approximate surface area is 251 Å². The Hall–Kier alpha value is -4.83. The normalized spacial score (nSPS) is 15.1. The van der Waals surface area contributed by atoms with Gasteiger partial charge in [0, 0.05) is 5.39 Å². The number of thiazole rings is 1. The largest absolute Gasteiger partial charge is 0.503 e. The third-order valence-electron chi connectivity index (χ3n) is 7.31. The predicted octanol–water partition coefficient (Wildman–Crippen LogP) is 7.25. The van der Waals surface area contributed by atoms with E-state index in [-0.39, 0.29) is 11.3 Å². The van der Waals surface area contributed by atoms with E-state index >= 15 is 0 Å². The van der Waals surface area contributed by atoms with Crippen LogP contribution in [-0.4, -0.2) is 42.1 Å². The van der Waals surface area contributed by atoms with Gasteiger partial charge in [0.25, 0.3) is 5.91 Å². The van der Waals surface area contributed by atoms with Gasteiger partial charge in [-0.25, -0.2) is 4.98 Å². The van der Waals surface area contributed by atoms with Gasteiger partial charge < -0.3 is 23.7 Å². The number of nitrogens with zero attached hydrogens (tertiary/aromatic N) is 2. The van der Waals surface area contributed by atoms with E-state index in [2.05, 4.69) is 0 Å². The van der Waals surface area contributed by atoms with Crippen molar-refractivity contribution in [3.8, 4) is 17.2 Å². The number of methoxy groups -OCH3 is 1. The number of furan rings is 1. The molecule has 1 N–H and O–H groups in total. The quantitative estimate of drug-likeness (QED) is 0.177. The highest BCUT2D eigenvalue weighted by Crippen LogP contribution is 2.46. The van der Waals surface area contributed by atoms with Gasteiger partial charge in [0.1, 0.15) is 0 Å². The fourth-order valence-electron chi connectivity index (χ4n) is 5.49. The number of ether oxygens (including phenoxy) is 3. The topological polar surface area (TPSA) is 111 Å². The minimum absolute atomic E-state index is 0.0348. The molecule has 0 saturated carbocycles. The number of anilines is 1. The molecule has 1 aliphatic rings. The zero-order valence-corrected chi connectivity index (χ0v) is 25.2. The predicted molar refractivity (Wildman–Crippen MR) is 165 cm³/mol. The van der Waals surface area contributed by atoms with Crippen LogP contribution in [0.15, 0.2) is 70.3 Å². The van der Waals surface area contributed by atoms with E-state index in [4.69, 9.17) is 23.6 Å². The summed E-state index contributed by atoms with van der Waals surface area (Å²) in [7, 11) is 1.51. The molecule has 1 atom stereocenters. The van der Waals surface area contributed by atoms with Crippen molar-refractivity contribution < 1.29 is 33.3 Å². The van der Waals surface area contributed by atoms with Crippen molar-refractivity contribution in [1.29, 1.82) is 0 Å². The first-order valence-corrected chi connectivity index (χ1v) is 14.7. The summed E-state index contributed by atoms with van der Waals surface area (Å²) in [6.07, 6.45) is 0. The van der Waals surface area contributed by atoms with Crippen molar-refractivity contribution >= 4 is 49.3 Å². The monoisotopic (exact) mass is 598 g/mol. The molecule has 10 heteroatoms. The minimum atomic E-state index is -1.02. The number of para-hydroxylation sites is 1. The van der Waals surface area contributed by atoms with Crippen LogP contribution in [0.5, 0.6) is 17.2 Å². The standard InChI is InChI=1S/C33H30N2O7S/c1-6-40-21-12-11-19(15-23(21)41-7-2)28-26(29(36)24-16-20-9-8-10-22(39-5)31(20)42-24)30(37)32(38)35(28)33-34-27-18(4)13-17(3)14-25(27)43-33/h8-16,28,37H,6-7H2,1-5H3. The van der Waals surface area contributed by atoms with Gasteiger partial charge in [-0.1, -0.05) is 35.6 Å². The Kier molecular flexibility index (Phi) is 7.31. The molecular weight excluding hydrogens is 568 g/mol. The second kappa shape index (κ2) is 11.1. The highest BCUT2D eigenvalue weighted by atomic mass is 32.1. The first-order chi connectivity index (χ1) is 20.7. The molecule has 220 valence electrons. The third-order valence-corrected chi connectivity index (χ3v) is 8.31. The minimum Gasteiger partial charge on any atom is -0.503 e. The van der Waals surface area contributed by atoms with Gasteiger partial charge in [0.05, 0.1) is 42.2 Å². The molecule has 3 heterocycles. The molecule has 6 rings (SSSR count). The molecule has 5 aromatic rings. The second-order valence-electron chi connectivity index (χ2n) is 10.2. The van der Waals surface area contributed by atoms with E-state index in [9.17, 15) is 14.7 Å². The van der Waals surface area contributed by atoms with Crippen LogP contribution in [0, 0.1) is 13.8 Å². The molecule has 1 unspecified atom stereocenters. The molecule has 3 aromatic carbocycles. The number of carbonyl (C=O) groups is 2. The first kappa shape index (κ1) is 28.3. The van der Waals surface area contributed by atoms with Crippen LogP contribution in [-0.2, 0) is 4.79 Å². The van der Waals surface area contributed by atoms with E-state index in [1.165, 1.54) is 23.3 Å². The molecule has 0 saturated heterocycles. The highest BCUT2D eigenvalue weighted by Gasteiger charge is 2.47. The zero-order chi connectivity index (χ0) is 30.4. The maximum atomic E-state index is 14.2. The number of aliphatic hydroxyl groups excluding tert-OH is 1. The van der Waals surface area contributed by atoms with Crippen molar-refractivity contribution in [3.63, 3.8) is 0 Å². The number of hydrogen-bond acceptors (Lipinski definition) is 9. The lowest BCUT2D eigenvalue weighted by molar-refractivity contribution is -0.117. The van der Waals surface area contributed by atoms with Gasteiger partial charge in [0.2, 0.25) is 5.78 Å². The second-order valence-corrected chi connectivity index (χ2v) is 11.2. The highest BCUT2D eigenvalue weighted by molar-refractivity contribution is 7.22. The number of aryl methyl sites for hydroxylation is 2. The van der Waals surface area contributed by atoms with Crippen molar-refractivity contribution in [2.24, 2.45) is 0 Å². The average Bonchev–Trinajstić information content (AvgIpc) is 3.68. The number of amides is 1. The number of aromatic nitrogens is 1. The number of rotatable bonds is 9. The average molecular weight is 599 g/mol. The summed E-state index contributed by atoms with van der Waals surface area (Å²) in [5.74, 6) is -0.617. The fourth-order valence-corrected chi connectivity index (χ4v) is 6.66. The summed E-state index contributed by atoms with van der Waals surface area (Å²) in [6.45, 7) is 8.49. The molecule has 0 aliphatic carbocycles. The Morgan fingerprint density at radius 1 is 1.02 bits per heavy atom. The van der Waals surface area contributed by atoms with Crippen LogP contribution in [0.25, 0.3) is 21.2 Å². The summed E-state index contributed by atoms with van der Waals surface area (Å²) in [5.41, 5.74) is 3.58. The fraction of sp³-hybridized carbons (Fsp3) is 0.242. The number of hydrogen-bond donors (Lipinski definition) is 1. The molecule has 0 bridgehead atoms. The smallest absolute Gasteiger partial charge is 0.296 e. The van der Waals surface area contributed by atoms with Crippen molar-refractivity contribution in [2.45, 2.75) is 33.7 Å². The maximum absolute atomic E-state index is 14.2. The zero-order valence-electron chi connectivity index (χ0n) is 24.4. The van der Waals surface area contributed by atoms with Gasteiger partial charge in [-0.05, 0) is 74.7 Å². The maximum Gasteiger partial charge on any atom is 0.296 e. The molecule has 0 spiro atoms. The summed E-state index contributed by atoms with van der Waals surface area (Å²) in [6, 6.07) is 15.1. The van der Waals surface area contributed by atoms with E-state index in [0.29, 0.717) is 52.1 Å². The van der Waals surface area contributed by atoms with Gasteiger partial charge in [-0.3, -0.25) is 14.5 Å². The SMILES string of the molecule is CCOc1ccc(C2C(C(=O)c3cc4cccc(OC)c4o3)=C(O)C(=O)N2c2nc3c(C)cc(C)cc3s2)cc1OCC. The number of carbonyl (C=O) groups excluding carboxylic acids is 2.